The zero-order chi connectivity index (χ0) is 25.1. The summed E-state index contributed by atoms with van der Waals surface area (Å²) in [6.07, 6.45) is 7.90. The molecule has 0 spiro atoms. The second-order valence-corrected chi connectivity index (χ2v) is 9.69. The van der Waals surface area contributed by atoms with E-state index in [1.54, 1.807) is 24.4 Å². The summed E-state index contributed by atoms with van der Waals surface area (Å²) in [7, 11) is 2.11. The Hall–Kier alpha value is -3.52. The van der Waals surface area contributed by atoms with Crippen LogP contribution in [0.3, 0.4) is 0 Å². The fourth-order valence-electron chi connectivity index (χ4n) is 5.34. The van der Waals surface area contributed by atoms with Crippen LogP contribution in [0, 0.1) is 5.82 Å². The van der Waals surface area contributed by atoms with Crippen LogP contribution < -0.4 is 10.9 Å². The molecule has 0 saturated heterocycles. The van der Waals surface area contributed by atoms with Gasteiger partial charge in [0.25, 0.3) is 5.56 Å². The van der Waals surface area contributed by atoms with Gasteiger partial charge in [-0.1, -0.05) is 55.7 Å². The van der Waals surface area contributed by atoms with Gasteiger partial charge >= 0.3 is 0 Å². The number of halogens is 1. The summed E-state index contributed by atoms with van der Waals surface area (Å²) in [5, 5.41) is 8.79. The largest absolute Gasteiger partial charge is 0.353 e. The highest BCUT2D eigenvalue weighted by molar-refractivity contribution is 6.07. The summed E-state index contributed by atoms with van der Waals surface area (Å²) in [5.74, 6) is -0.576. The average Bonchev–Trinajstić information content (AvgIpc) is 3.21. The van der Waals surface area contributed by atoms with E-state index in [1.165, 1.54) is 42.9 Å². The van der Waals surface area contributed by atoms with E-state index < -0.39 is 0 Å². The van der Waals surface area contributed by atoms with E-state index in [1.807, 2.05) is 28.8 Å². The third-order valence-corrected chi connectivity index (χ3v) is 7.34. The lowest BCUT2D eigenvalue weighted by Crippen LogP contribution is -2.41. The van der Waals surface area contributed by atoms with Crippen molar-refractivity contribution in [3.63, 3.8) is 0 Å². The Kier molecular flexibility index (Phi) is 7.13. The summed E-state index contributed by atoms with van der Waals surface area (Å²) >= 11 is 0. The minimum Gasteiger partial charge on any atom is -0.353 e. The van der Waals surface area contributed by atoms with E-state index >= 15 is 0 Å². The molecule has 1 saturated carbocycles. The van der Waals surface area contributed by atoms with Crippen LogP contribution in [-0.4, -0.2) is 51.3 Å². The van der Waals surface area contributed by atoms with Gasteiger partial charge in [0.15, 0.2) is 0 Å². The molecule has 0 bridgehead atoms. The highest BCUT2D eigenvalue weighted by atomic mass is 19.1. The van der Waals surface area contributed by atoms with Gasteiger partial charge in [-0.05, 0) is 32.0 Å². The van der Waals surface area contributed by atoms with Crippen molar-refractivity contribution in [1.82, 2.24) is 24.6 Å². The number of fused-ring (bicyclic) bond motifs is 3. The van der Waals surface area contributed by atoms with Crippen molar-refractivity contribution >= 4 is 27.7 Å². The number of nitrogens with zero attached hydrogens (tertiary/aromatic N) is 4. The molecule has 4 aromatic rings. The van der Waals surface area contributed by atoms with E-state index in [-0.39, 0.29) is 30.4 Å². The Bertz CT molecular complexity index is 1440. The molecule has 2 aromatic carbocycles. The van der Waals surface area contributed by atoms with Crippen molar-refractivity contribution in [2.24, 2.45) is 0 Å². The maximum atomic E-state index is 14.5. The standard InChI is InChI=1S/C28H32FN5O2/c1-32(21-10-3-2-4-11-21)16-15-30-26(35)19-34-28(36)27-23(17-31-34)22-12-6-8-14-25(22)33(27)18-20-9-5-7-13-24(20)29/h5-9,12-14,17,21H,2-4,10-11,15-16,18-19H2,1H3,(H,30,35). The number of amides is 1. The molecule has 1 aliphatic rings. The van der Waals surface area contributed by atoms with E-state index in [2.05, 4.69) is 22.4 Å². The van der Waals surface area contributed by atoms with E-state index in [0.717, 1.165) is 17.4 Å². The molecule has 0 unspecified atom stereocenters. The summed E-state index contributed by atoms with van der Waals surface area (Å²) < 4.78 is 17.5. The van der Waals surface area contributed by atoms with Gasteiger partial charge in [0.1, 0.15) is 17.9 Å². The van der Waals surface area contributed by atoms with Crippen LogP contribution in [0.2, 0.25) is 0 Å². The number of para-hydroxylation sites is 1. The molecular formula is C28H32FN5O2. The van der Waals surface area contributed by atoms with Crippen molar-refractivity contribution in [3.8, 4) is 0 Å². The van der Waals surface area contributed by atoms with Crippen LogP contribution >= 0.6 is 0 Å². The lowest BCUT2D eigenvalue weighted by molar-refractivity contribution is -0.122. The number of hydrogen-bond donors (Lipinski definition) is 1. The first-order valence-corrected chi connectivity index (χ1v) is 12.7. The van der Waals surface area contributed by atoms with Crippen molar-refractivity contribution in [2.75, 3.05) is 20.1 Å². The molecule has 7 nitrogen and oxygen atoms in total. The van der Waals surface area contributed by atoms with Crippen LogP contribution in [0.4, 0.5) is 4.39 Å². The number of likely N-dealkylation sites (N-methyl/N-ethyl adjacent to an activating group) is 1. The van der Waals surface area contributed by atoms with Crippen LogP contribution in [0.1, 0.15) is 37.7 Å². The Labute approximate surface area is 209 Å². The van der Waals surface area contributed by atoms with Gasteiger partial charge in [-0.15, -0.1) is 0 Å². The number of hydrogen-bond acceptors (Lipinski definition) is 4. The van der Waals surface area contributed by atoms with Crippen molar-refractivity contribution < 1.29 is 9.18 Å². The normalized spacial score (nSPS) is 14.6. The molecule has 1 fully saturated rings. The number of carbonyl (C=O) groups excluding carboxylic acids is 1. The van der Waals surface area contributed by atoms with Crippen LogP contribution in [0.15, 0.2) is 59.5 Å². The molecule has 0 atom stereocenters. The number of nitrogens with one attached hydrogen (secondary N) is 1. The van der Waals surface area contributed by atoms with Gasteiger partial charge in [0.2, 0.25) is 5.91 Å². The lowest BCUT2D eigenvalue weighted by atomic mass is 9.94. The SMILES string of the molecule is CN(CCNC(=O)Cn1ncc2c3ccccc3n(Cc3ccccc3F)c2c1=O)C1CCCCC1. The summed E-state index contributed by atoms with van der Waals surface area (Å²) in [6, 6.07) is 14.8. The predicted octanol–water partition coefficient (Wildman–Crippen LogP) is 3.92. The van der Waals surface area contributed by atoms with Crippen LogP contribution in [-0.2, 0) is 17.9 Å². The maximum absolute atomic E-state index is 14.5. The van der Waals surface area contributed by atoms with Gasteiger partial charge in [-0.2, -0.15) is 5.10 Å². The second kappa shape index (κ2) is 10.6. The minimum atomic E-state index is -0.366. The predicted molar refractivity (Wildman–Crippen MR) is 140 cm³/mol. The van der Waals surface area contributed by atoms with E-state index in [9.17, 15) is 14.0 Å². The lowest BCUT2D eigenvalue weighted by Gasteiger charge is -2.31. The molecular weight excluding hydrogens is 457 g/mol. The third-order valence-electron chi connectivity index (χ3n) is 7.34. The molecule has 188 valence electrons. The molecule has 1 N–H and O–H groups in total. The molecule has 36 heavy (non-hydrogen) atoms. The minimum absolute atomic E-state index is 0.164. The zero-order valence-corrected chi connectivity index (χ0v) is 20.6. The topological polar surface area (TPSA) is 72.2 Å². The molecule has 0 aliphatic heterocycles. The molecule has 5 rings (SSSR count). The summed E-state index contributed by atoms with van der Waals surface area (Å²) in [6.45, 7) is 1.34. The smallest absolute Gasteiger partial charge is 0.291 e. The van der Waals surface area contributed by atoms with Gasteiger partial charge < -0.3 is 14.8 Å². The monoisotopic (exact) mass is 489 g/mol. The van der Waals surface area contributed by atoms with Gasteiger partial charge in [0, 0.05) is 41.0 Å². The number of aromatic nitrogens is 3. The molecule has 1 aliphatic carbocycles. The van der Waals surface area contributed by atoms with Crippen molar-refractivity contribution in [3.05, 3.63) is 76.5 Å². The molecule has 0 radical (unpaired) electrons. The van der Waals surface area contributed by atoms with Crippen molar-refractivity contribution in [2.45, 2.75) is 51.2 Å². The first kappa shape index (κ1) is 24.2. The Morgan fingerprint density at radius 2 is 1.83 bits per heavy atom. The maximum Gasteiger partial charge on any atom is 0.291 e. The number of carbonyl (C=O) groups is 1. The van der Waals surface area contributed by atoms with Gasteiger partial charge in [-0.25, -0.2) is 9.07 Å². The Balaban J connectivity index is 1.37. The quantitative estimate of drug-likeness (QED) is 0.407. The van der Waals surface area contributed by atoms with E-state index in [0.29, 0.717) is 29.1 Å². The van der Waals surface area contributed by atoms with E-state index in [4.69, 9.17) is 0 Å². The Morgan fingerprint density at radius 1 is 1.08 bits per heavy atom. The highest BCUT2D eigenvalue weighted by Gasteiger charge is 2.19. The molecule has 1 amide bonds. The molecule has 2 aromatic heterocycles. The zero-order valence-electron chi connectivity index (χ0n) is 20.6. The van der Waals surface area contributed by atoms with Gasteiger partial charge in [0.05, 0.1) is 12.7 Å². The third kappa shape index (κ3) is 4.91. The first-order chi connectivity index (χ1) is 17.5. The molecule has 8 heteroatoms. The van der Waals surface area contributed by atoms with Gasteiger partial charge in [-0.3, -0.25) is 9.59 Å². The van der Waals surface area contributed by atoms with Crippen LogP contribution in [0.5, 0.6) is 0 Å². The first-order valence-electron chi connectivity index (χ1n) is 12.7. The number of rotatable bonds is 8. The highest BCUT2D eigenvalue weighted by Crippen LogP contribution is 2.27. The fourth-order valence-corrected chi connectivity index (χ4v) is 5.34. The van der Waals surface area contributed by atoms with Crippen molar-refractivity contribution in [1.29, 1.82) is 0 Å². The summed E-state index contributed by atoms with van der Waals surface area (Å²) in [4.78, 5) is 28.5. The van der Waals surface area contributed by atoms with Crippen LogP contribution in [0.25, 0.3) is 21.8 Å². The molecule has 2 heterocycles. The number of benzene rings is 2. The Morgan fingerprint density at radius 3 is 2.64 bits per heavy atom. The average molecular weight is 490 g/mol. The second-order valence-electron chi connectivity index (χ2n) is 9.69. The summed E-state index contributed by atoms with van der Waals surface area (Å²) in [5.41, 5.74) is 1.36. The fraction of sp³-hybridized carbons (Fsp3) is 0.393.